The monoisotopic (exact) mass is 346 g/mol. The van der Waals surface area contributed by atoms with Crippen LogP contribution in [-0.2, 0) is 10.1 Å². The lowest BCUT2D eigenvalue weighted by Crippen LogP contribution is -1.96. The molecule has 3 aromatic rings. The number of nitrogens with zero attached hydrogens (tertiary/aromatic N) is 2. The molecule has 116 valence electrons. The molecule has 0 aliphatic rings. The van der Waals surface area contributed by atoms with Crippen molar-refractivity contribution in [1.82, 2.24) is 0 Å². The predicted molar refractivity (Wildman–Crippen MR) is 89.4 cm³/mol. The van der Waals surface area contributed by atoms with Gasteiger partial charge < -0.3 is 0 Å². The summed E-state index contributed by atoms with van der Waals surface area (Å²) in [4.78, 5) is -0.238. The van der Waals surface area contributed by atoms with Crippen LogP contribution in [0.3, 0.4) is 0 Å². The highest BCUT2D eigenvalue weighted by Gasteiger charge is 2.10. The topological polar surface area (TPSA) is 79.1 Å². The molecule has 0 fully saturated rings. The second-order valence-electron chi connectivity index (χ2n) is 4.79. The van der Waals surface area contributed by atoms with Gasteiger partial charge in [-0.15, -0.1) is 5.11 Å². The molecular formula is C16H11ClN2O3S. The largest absolute Gasteiger partial charge is 0.294 e. The summed E-state index contributed by atoms with van der Waals surface area (Å²) in [6.45, 7) is 0. The lowest BCUT2D eigenvalue weighted by Gasteiger charge is -2.03. The number of hydrogen-bond donors (Lipinski definition) is 1. The average molecular weight is 347 g/mol. The Balaban J connectivity index is 2.06. The van der Waals surface area contributed by atoms with Gasteiger partial charge in [0.1, 0.15) is 5.69 Å². The number of halogens is 1. The van der Waals surface area contributed by atoms with Gasteiger partial charge in [0.2, 0.25) is 0 Å². The van der Waals surface area contributed by atoms with Crippen LogP contribution in [0.5, 0.6) is 0 Å². The van der Waals surface area contributed by atoms with Crippen molar-refractivity contribution in [1.29, 1.82) is 0 Å². The quantitative estimate of drug-likeness (QED) is 0.525. The molecule has 3 aromatic carbocycles. The molecule has 0 heterocycles. The molecule has 0 unspecified atom stereocenters. The first-order valence-corrected chi connectivity index (χ1v) is 8.43. The Morgan fingerprint density at radius 3 is 2.48 bits per heavy atom. The molecule has 5 nitrogen and oxygen atoms in total. The van der Waals surface area contributed by atoms with Crippen molar-refractivity contribution >= 4 is 43.9 Å². The maximum absolute atomic E-state index is 11.2. The van der Waals surface area contributed by atoms with E-state index in [4.69, 9.17) is 16.2 Å². The normalized spacial score (nSPS) is 12.1. The highest BCUT2D eigenvalue weighted by molar-refractivity contribution is 7.85. The van der Waals surface area contributed by atoms with Crippen molar-refractivity contribution in [3.05, 3.63) is 65.7 Å². The van der Waals surface area contributed by atoms with Crippen molar-refractivity contribution in [3.8, 4) is 0 Å². The van der Waals surface area contributed by atoms with Crippen LogP contribution in [-0.4, -0.2) is 13.0 Å². The first-order valence-electron chi connectivity index (χ1n) is 6.62. The van der Waals surface area contributed by atoms with Crippen molar-refractivity contribution in [2.24, 2.45) is 10.2 Å². The Bertz CT molecular complexity index is 1020. The maximum atomic E-state index is 11.2. The minimum absolute atomic E-state index is 0.238. The molecule has 0 bridgehead atoms. The van der Waals surface area contributed by atoms with Gasteiger partial charge in [0.05, 0.1) is 15.6 Å². The van der Waals surface area contributed by atoms with Crippen LogP contribution in [0.15, 0.2) is 75.8 Å². The molecule has 7 heteroatoms. The fourth-order valence-electron chi connectivity index (χ4n) is 2.14. The van der Waals surface area contributed by atoms with E-state index < -0.39 is 10.1 Å². The Kier molecular flexibility index (Phi) is 4.12. The number of hydrogen-bond acceptors (Lipinski definition) is 4. The first kappa shape index (κ1) is 15.6. The van der Waals surface area contributed by atoms with E-state index in [9.17, 15) is 8.42 Å². The summed E-state index contributed by atoms with van der Waals surface area (Å²) in [7, 11) is -4.28. The maximum Gasteiger partial charge on any atom is 0.294 e. The van der Waals surface area contributed by atoms with Gasteiger partial charge in [-0.05, 0) is 29.7 Å². The third-order valence-corrected chi connectivity index (χ3v) is 4.39. The van der Waals surface area contributed by atoms with E-state index in [2.05, 4.69) is 10.2 Å². The van der Waals surface area contributed by atoms with Crippen LogP contribution in [0, 0.1) is 0 Å². The minimum atomic E-state index is -4.28. The van der Waals surface area contributed by atoms with Crippen LogP contribution in [0.1, 0.15) is 0 Å². The van der Waals surface area contributed by atoms with E-state index in [1.807, 2.05) is 30.3 Å². The second kappa shape index (κ2) is 6.08. The Morgan fingerprint density at radius 1 is 0.913 bits per heavy atom. The fourth-order valence-corrected chi connectivity index (χ4v) is 2.87. The third-order valence-electron chi connectivity index (χ3n) is 3.23. The zero-order valence-corrected chi connectivity index (χ0v) is 13.3. The SMILES string of the molecule is O=S(=O)(O)c1cccc(N=Nc2c(Cl)ccc3ccccc23)c1. The van der Waals surface area contributed by atoms with Crippen molar-refractivity contribution < 1.29 is 13.0 Å². The number of rotatable bonds is 3. The first-order chi connectivity index (χ1) is 10.9. The Labute approximate surface area is 138 Å². The molecule has 23 heavy (non-hydrogen) atoms. The molecule has 0 spiro atoms. The van der Waals surface area contributed by atoms with Gasteiger partial charge in [0.15, 0.2) is 0 Å². The van der Waals surface area contributed by atoms with E-state index in [-0.39, 0.29) is 4.90 Å². The van der Waals surface area contributed by atoms with Crippen LogP contribution < -0.4 is 0 Å². The fraction of sp³-hybridized carbons (Fsp3) is 0. The number of azo groups is 1. The van der Waals surface area contributed by atoms with Crippen LogP contribution in [0.2, 0.25) is 5.02 Å². The summed E-state index contributed by atoms with van der Waals surface area (Å²) in [5, 5.41) is 10.4. The molecule has 0 aliphatic heterocycles. The molecule has 0 amide bonds. The number of fused-ring (bicyclic) bond motifs is 1. The highest BCUT2D eigenvalue weighted by atomic mass is 35.5. The van der Waals surface area contributed by atoms with Crippen LogP contribution >= 0.6 is 11.6 Å². The molecule has 1 N–H and O–H groups in total. The van der Waals surface area contributed by atoms with Crippen LogP contribution in [0.4, 0.5) is 11.4 Å². The summed E-state index contributed by atoms with van der Waals surface area (Å²) >= 11 is 6.18. The van der Waals surface area contributed by atoms with Crippen LogP contribution in [0.25, 0.3) is 10.8 Å². The van der Waals surface area contributed by atoms with E-state index >= 15 is 0 Å². The number of benzene rings is 3. The van der Waals surface area contributed by atoms with Gasteiger partial charge in [0, 0.05) is 5.39 Å². The molecule has 0 atom stereocenters. The van der Waals surface area contributed by atoms with E-state index in [0.29, 0.717) is 16.4 Å². The molecule has 0 radical (unpaired) electrons. The lowest BCUT2D eigenvalue weighted by molar-refractivity contribution is 0.483. The smallest absolute Gasteiger partial charge is 0.282 e. The molecular weight excluding hydrogens is 336 g/mol. The summed E-state index contributed by atoms with van der Waals surface area (Å²) < 4.78 is 31.4. The zero-order valence-electron chi connectivity index (χ0n) is 11.7. The molecule has 0 aromatic heterocycles. The highest BCUT2D eigenvalue weighted by Crippen LogP contribution is 2.34. The zero-order chi connectivity index (χ0) is 16.4. The standard InChI is InChI=1S/C16H11ClN2O3S/c17-15-9-8-11-4-1-2-7-14(11)16(15)19-18-12-5-3-6-13(10-12)23(20,21)22/h1-10H,(H,20,21,22). The third kappa shape index (κ3) is 3.39. The van der Waals surface area contributed by atoms with E-state index in [1.54, 1.807) is 12.1 Å². The van der Waals surface area contributed by atoms with E-state index in [1.165, 1.54) is 18.2 Å². The predicted octanol–water partition coefficient (Wildman–Crippen LogP) is 5.16. The molecule has 0 saturated carbocycles. The molecule has 0 aliphatic carbocycles. The van der Waals surface area contributed by atoms with E-state index in [0.717, 1.165) is 10.8 Å². The van der Waals surface area contributed by atoms with Crippen molar-refractivity contribution in [2.45, 2.75) is 4.90 Å². The molecule has 3 rings (SSSR count). The van der Waals surface area contributed by atoms with Gasteiger partial charge >= 0.3 is 0 Å². The van der Waals surface area contributed by atoms with Gasteiger partial charge in [-0.3, -0.25) is 4.55 Å². The molecule has 0 saturated heterocycles. The summed E-state index contributed by atoms with van der Waals surface area (Å²) in [5.74, 6) is 0. The second-order valence-corrected chi connectivity index (χ2v) is 6.62. The van der Waals surface area contributed by atoms with Gasteiger partial charge in [-0.1, -0.05) is 48.0 Å². The van der Waals surface area contributed by atoms with Gasteiger partial charge in [0.25, 0.3) is 10.1 Å². The lowest BCUT2D eigenvalue weighted by atomic mass is 10.1. The Morgan fingerprint density at radius 2 is 1.70 bits per heavy atom. The Hall–Kier alpha value is -2.28. The summed E-state index contributed by atoms with van der Waals surface area (Å²) in [6, 6.07) is 16.8. The minimum Gasteiger partial charge on any atom is -0.282 e. The summed E-state index contributed by atoms with van der Waals surface area (Å²) in [6.07, 6.45) is 0. The van der Waals surface area contributed by atoms with Crippen molar-refractivity contribution in [2.75, 3.05) is 0 Å². The average Bonchev–Trinajstić information content (AvgIpc) is 2.53. The van der Waals surface area contributed by atoms with Gasteiger partial charge in [-0.2, -0.15) is 13.5 Å². The van der Waals surface area contributed by atoms with Gasteiger partial charge in [-0.25, -0.2) is 0 Å². The van der Waals surface area contributed by atoms with Crippen molar-refractivity contribution in [3.63, 3.8) is 0 Å². The summed E-state index contributed by atoms with van der Waals surface area (Å²) in [5.41, 5.74) is 0.797.